The molecular weight excluding hydrogens is 461 g/mol. The standard InChI is InChI=1S/C26H29ClFNO5/c1-5-15(4)22(13-30)29-12-19(26(32)33)25(31)18-10-17(23(11-21(18)29)34-14(2)3)9-16-7-6-8-20(27)24(16)28/h6-8,10-12,14-15,22,30H,5,9,13H2,1-4H3,(H,32,33). The summed E-state index contributed by atoms with van der Waals surface area (Å²) in [7, 11) is 0. The average molecular weight is 490 g/mol. The van der Waals surface area contributed by atoms with Crippen molar-refractivity contribution in [3.05, 3.63) is 74.3 Å². The Morgan fingerprint density at radius 3 is 2.50 bits per heavy atom. The van der Waals surface area contributed by atoms with Crippen molar-refractivity contribution in [1.29, 1.82) is 0 Å². The monoisotopic (exact) mass is 489 g/mol. The maximum atomic E-state index is 14.6. The molecule has 0 amide bonds. The van der Waals surface area contributed by atoms with Gasteiger partial charge in [0.05, 0.1) is 29.3 Å². The highest BCUT2D eigenvalue weighted by molar-refractivity contribution is 6.30. The molecule has 8 heteroatoms. The Bertz CT molecular complexity index is 1270. The van der Waals surface area contributed by atoms with Gasteiger partial charge in [-0.25, -0.2) is 9.18 Å². The Morgan fingerprint density at radius 1 is 1.21 bits per heavy atom. The summed E-state index contributed by atoms with van der Waals surface area (Å²) in [6.07, 6.45) is 1.91. The van der Waals surface area contributed by atoms with Gasteiger partial charge in [0.1, 0.15) is 17.1 Å². The minimum atomic E-state index is -1.36. The number of halogens is 2. The molecule has 2 aromatic carbocycles. The fourth-order valence-corrected chi connectivity index (χ4v) is 4.25. The van der Waals surface area contributed by atoms with Crippen molar-refractivity contribution in [3.8, 4) is 5.75 Å². The molecular formula is C26H29ClFNO5. The maximum absolute atomic E-state index is 14.6. The molecule has 3 aromatic rings. The zero-order valence-corrected chi connectivity index (χ0v) is 20.4. The largest absolute Gasteiger partial charge is 0.491 e. The molecule has 0 saturated heterocycles. The van der Waals surface area contributed by atoms with Gasteiger partial charge in [0, 0.05) is 24.1 Å². The number of aliphatic hydroxyl groups excluding tert-OH is 1. The summed E-state index contributed by atoms with van der Waals surface area (Å²) in [6, 6.07) is 7.47. The highest BCUT2D eigenvalue weighted by Crippen LogP contribution is 2.32. The Kier molecular flexibility index (Phi) is 8.00. The van der Waals surface area contributed by atoms with Crippen LogP contribution in [0.15, 0.2) is 41.3 Å². The van der Waals surface area contributed by atoms with Crippen LogP contribution in [0.4, 0.5) is 4.39 Å². The van der Waals surface area contributed by atoms with E-state index in [-0.39, 0.29) is 35.5 Å². The number of aromatic nitrogens is 1. The molecule has 0 aliphatic heterocycles. The Hall–Kier alpha value is -2.90. The molecule has 6 nitrogen and oxygen atoms in total. The third-order valence-corrected chi connectivity index (χ3v) is 6.36. The van der Waals surface area contributed by atoms with E-state index in [2.05, 4.69) is 0 Å². The summed E-state index contributed by atoms with van der Waals surface area (Å²) in [6.45, 7) is 7.39. The SMILES string of the molecule is CCC(C)C(CO)n1cc(C(=O)O)c(=O)c2cc(Cc3cccc(Cl)c3F)c(OC(C)C)cc21. The summed E-state index contributed by atoms with van der Waals surface area (Å²) in [5, 5.41) is 20.0. The van der Waals surface area contributed by atoms with Gasteiger partial charge >= 0.3 is 5.97 Å². The number of rotatable bonds is 9. The van der Waals surface area contributed by atoms with Gasteiger partial charge in [-0.15, -0.1) is 0 Å². The number of aromatic carboxylic acids is 1. The van der Waals surface area contributed by atoms with E-state index in [1.165, 1.54) is 12.3 Å². The van der Waals surface area contributed by atoms with Crippen molar-refractivity contribution in [2.24, 2.45) is 5.92 Å². The Balaban J connectivity index is 2.35. The van der Waals surface area contributed by atoms with E-state index in [1.54, 1.807) is 28.8 Å². The number of ether oxygens (including phenoxy) is 1. The van der Waals surface area contributed by atoms with Crippen molar-refractivity contribution in [3.63, 3.8) is 0 Å². The topological polar surface area (TPSA) is 88.8 Å². The molecule has 0 saturated carbocycles. The summed E-state index contributed by atoms with van der Waals surface area (Å²) in [4.78, 5) is 25.0. The van der Waals surface area contributed by atoms with Crippen molar-refractivity contribution < 1.29 is 24.1 Å². The van der Waals surface area contributed by atoms with E-state index in [0.29, 0.717) is 22.4 Å². The van der Waals surface area contributed by atoms with Crippen molar-refractivity contribution in [2.75, 3.05) is 6.61 Å². The van der Waals surface area contributed by atoms with Crippen LogP contribution in [0, 0.1) is 11.7 Å². The minimum Gasteiger partial charge on any atom is -0.491 e. The number of hydrogen-bond donors (Lipinski definition) is 2. The number of carboxylic acids is 1. The first kappa shape index (κ1) is 25.7. The number of pyridine rings is 1. The molecule has 0 radical (unpaired) electrons. The number of hydrogen-bond acceptors (Lipinski definition) is 4. The van der Waals surface area contributed by atoms with Gasteiger partial charge in [-0.3, -0.25) is 4.79 Å². The second-order valence-electron chi connectivity index (χ2n) is 8.75. The normalized spacial score (nSPS) is 13.3. The molecule has 2 atom stereocenters. The lowest BCUT2D eigenvalue weighted by Gasteiger charge is -2.27. The van der Waals surface area contributed by atoms with Crippen molar-refractivity contribution in [1.82, 2.24) is 4.57 Å². The lowest BCUT2D eigenvalue weighted by molar-refractivity contribution is 0.0694. The van der Waals surface area contributed by atoms with Crippen LogP contribution in [0.5, 0.6) is 5.75 Å². The number of nitrogens with zero attached hydrogens (tertiary/aromatic N) is 1. The second-order valence-corrected chi connectivity index (χ2v) is 9.16. The van der Waals surface area contributed by atoms with Gasteiger partial charge in [0.2, 0.25) is 5.43 Å². The molecule has 0 bridgehead atoms. The van der Waals surface area contributed by atoms with E-state index in [9.17, 15) is 24.2 Å². The van der Waals surface area contributed by atoms with E-state index >= 15 is 0 Å². The van der Waals surface area contributed by atoms with Gasteiger partial charge in [-0.05, 0) is 43.0 Å². The van der Waals surface area contributed by atoms with Crippen LogP contribution < -0.4 is 10.2 Å². The fraction of sp³-hybridized carbons (Fsp3) is 0.385. The van der Waals surface area contributed by atoms with Gasteiger partial charge in [0.25, 0.3) is 0 Å². The number of carboxylic acid groups (broad SMARTS) is 1. The lowest BCUT2D eigenvalue weighted by atomic mass is 9.96. The summed E-state index contributed by atoms with van der Waals surface area (Å²) < 4.78 is 22.3. The minimum absolute atomic E-state index is 0.00653. The molecule has 2 N–H and O–H groups in total. The number of aliphatic hydroxyl groups is 1. The smallest absolute Gasteiger partial charge is 0.341 e. The maximum Gasteiger partial charge on any atom is 0.341 e. The molecule has 182 valence electrons. The molecule has 0 fully saturated rings. The molecule has 1 aromatic heterocycles. The van der Waals surface area contributed by atoms with Gasteiger partial charge < -0.3 is 19.5 Å². The highest BCUT2D eigenvalue weighted by atomic mass is 35.5. The highest BCUT2D eigenvalue weighted by Gasteiger charge is 2.24. The Morgan fingerprint density at radius 2 is 1.91 bits per heavy atom. The molecule has 0 aliphatic carbocycles. The molecule has 1 heterocycles. The van der Waals surface area contributed by atoms with E-state index in [1.807, 2.05) is 27.7 Å². The first-order chi connectivity index (χ1) is 16.1. The van der Waals surface area contributed by atoms with Crippen LogP contribution >= 0.6 is 11.6 Å². The number of fused-ring (bicyclic) bond motifs is 1. The molecule has 2 unspecified atom stereocenters. The lowest BCUT2D eigenvalue weighted by Crippen LogP contribution is -2.26. The first-order valence-electron chi connectivity index (χ1n) is 11.2. The van der Waals surface area contributed by atoms with Crippen LogP contribution in [-0.4, -0.2) is 33.5 Å². The first-order valence-corrected chi connectivity index (χ1v) is 11.6. The van der Waals surface area contributed by atoms with E-state index in [0.717, 1.165) is 6.42 Å². The molecule has 3 rings (SSSR count). The van der Waals surface area contributed by atoms with Crippen LogP contribution in [0.25, 0.3) is 10.9 Å². The molecule has 0 aliphatic rings. The third-order valence-electron chi connectivity index (χ3n) is 6.07. The van der Waals surface area contributed by atoms with Gasteiger partial charge in [-0.1, -0.05) is 44.0 Å². The predicted molar refractivity (Wildman–Crippen MR) is 131 cm³/mol. The van der Waals surface area contributed by atoms with E-state index in [4.69, 9.17) is 16.3 Å². The third kappa shape index (κ3) is 5.10. The second kappa shape index (κ2) is 10.6. The van der Waals surface area contributed by atoms with Crippen LogP contribution in [0.2, 0.25) is 5.02 Å². The average Bonchev–Trinajstić information content (AvgIpc) is 2.78. The summed E-state index contributed by atoms with van der Waals surface area (Å²) >= 11 is 5.95. The van der Waals surface area contributed by atoms with Gasteiger partial charge in [-0.2, -0.15) is 0 Å². The van der Waals surface area contributed by atoms with Crippen molar-refractivity contribution >= 4 is 28.5 Å². The molecule has 0 spiro atoms. The van der Waals surface area contributed by atoms with E-state index < -0.39 is 28.8 Å². The van der Waals surface area contributed by atoms with Crippen LogP contribution in [0.3, 0.4) is 0 Å². The zero-order chi connectivity index (χ0) is 25.2. The zero-order valence-electron chi connectivity index (χ0n) is 19.6. The molecule has 34 heavy (non-hydrogen) atoms. The van der Waals surface area contributed by atoms with Crippen LogP contribution in [0.1, 0.15) is 61.6 Å². The fourth-order valence-electron chi connectivity index (χ4n) is 4.05. The van der Waals surface area contributed by atoms with Crippen molar-refractivity contribution in [2.45, 2.75) is 52.7 Å². The Labute approximate surface area is 202 Å². The quantitative estimate of drug-likeness (QED) is 0.417. The predicted octanol–water partition coefficient (Wildman–Crippen LogP) is 5.45. The van der Waals surface area contributed by atoms with Crippen LogP contribution in [-0.2, 0) is 6.42 Å². The number of carbonyl (C=O) groups is 1. The summed E-state index contributed by atoms with van der Waals surface area (Å²) in [5.74, 6) is -1.47. The van der Waals surface area contributed by atoms with Gasteiger partial charge in [0.15, 0.2) is 0 Å². The summed E-state index contributed by atoms with van der Waals surface area (Å²) in [5.41, 5.74) is 0.246. The number of benzene rings is 2.